The Kier molecular flexibility index (Phi) is 5.23. The van der Waals surface area contributed by atoms with Crippen LogP contribution in [-0.2, 0) is 6.54 Å². The summed E-state index contributed by atoms with van der Waals surface area (Å²) >= 11 is 7.30. The average Bonchev–Trinajstić information content (AvgIpc) is 3.36. The molecular formula is C21H15ClFN3OS. The minimum Gasteiger partial charge on any atom is -0.319 e. The predicted octanol–water partition coefficient (Wildman–Crippen LogP) is 5.70. The van der Waals surface area contributed by atoms with Gasteiger partial charge in [-0.25, -0.2) is 4.39 Å². The van der Waals surface area contributed by atoms with E-state index in [1.165, 1.54) is 23.5 Å². The topological polar surface area (TPSA) is 46.9 Å². The summed E-state index contributed by atoms with van der Waals surface area (Å²) in [6, 6.07) is 18.1. The maximum Gasteiger partial charge on any atom is 0.259 e. The molecule has 0 bridgehead atoms. The molecular weight excluding hydrogens is 397 g/mol. The van der Waals surface area contributed by atoms with Crippen LogP contribution in [-0.4, -0.2) is 15.7 Å². The Labute approximate surface area is 170 Å². The van der Waals surface area contributed by atoms with Gasteiger partial charge in [-0.05, 0) is 29.1 Å². The van der Waals surface area contributed by atoms with E-state index in [1.54, 1.807) is 16.9 Å². The summed E-state index contributed by atoms with van der Waals surface area (Å²) in [5.74, 6) is -1.10. The van der Waals surface area contributed by atoms with Crippen molar-refractivity contribution < 1.29 is 9.18 Å². The first kappa shape index (κ1) is 18.4. The lowest BCUT2D eigenvalue weighted by Crippen LogP contribution is -2.13. The lowest BCUT2D eigenvalue weighted by Gasteiger charge is -2.06. The molecule has 0 saturated carbocycles. The third-order valence-electron chi connectivity index (χ3n) is 4.15. The van der Waals surface area contributed by atoms with E-state index in [0.717, 1.165) is 10.4 Å². The van der Waals surface area contributed by atoms with Crippen LogP contribution < -0.4 is 5.32 Å². The SMILES string of the molecule is O=C(Nc1cccc(Cl)c1F)c1cn(Cc2ccccc2)nc1-c1cccs1. The fourth-order valence-corrected chi connectivity index (χ4v) is 3.72. The van der Waals surface area contributed by atoms with Crippen LogP contribution in [0.4, 0.5) is 10.1 Å². The second kappa shape index (κ2) is 7.96. The summed E-state index contributed by atoms with van der Waals surface area (Å²) < 4.78 is 15.9. The highest BCUT2D eigenvalue weighted by molar-refractivity contribution is 7.13. The van der Waals surface area contributed by atoms with E-state index < -0.39 is 11.7 Å². The molecule has 0 spiro atoms. The quantitative estimate of drug-likeness (QED) is 0.457. The molecule has 1 amide bonds. The van der Waals surface area contributed by atoms with Gasteiger partial charge in [0, 0.05) is 6.20 Å². The second-order valence-electron chi connectivity index (χ2n) is 6.11. The van der Waals surface area contributed by atoms with Gasteiger partial charge in [0.2, 0.25) is 0 Å². The number of hydrogen-bond acceptors (Lipinski definition) is 3. The van der Waals surface area contributed by atoms with Gasteiger partial charge in [-0.1, -0.05) is 54.1 Å². The van der Waals surface area contributed by atoms with Gasteiger partial charge in [0.05, 0.1) is 27.7 Å². The Bertz CT molecular complexity index is 1110. The number of rotatable bonds is 5. The van der Waals surface area contributed by atoms with Crippen molar-refractivity contribution >= 4 is 34.5 Å². The number of benzene rings is 2. The molecule has 0 fully saturated rings. The minimum atomic E-state index is -0.660. The Hall–Kier alpha value is -2.96. The molecule has 0 aliphatic rings. The molecule has 0 atom stereocenters. The molecule has 0 saturated heterocycles. The number of amides is 1. The number of anilines is 1. The van der Waals surface area contributed by atoms with E-state index in [4.69, 9.17) is 11.6 Å². The van der Waals surface area contributed by atoms with Crippen LogP contribution in [0.15, 0.2) is 72.2 Å². The summed E-state index contributed by atoms with van der Waals surface area (Å²) in [5.41, 5.74) is 2.03. The Balaban J connectivity index is 1.68. The number of carbonyl (C=O) groups is 1. The molecule has 1 N–H and O–H groups in total. The molecule has 0 aliphatic heterocycles. The van der Waals surface area contributed by atoms with Gasteiger partial charge >= 0.3 is 0 Å². The molecule has 4 rings (SSSR count). The third kappa shape index (κ3) is 3.83. The summed E-state index contributed by atoms with van der Waals surface area (Å²) in [5, 5.41) is 9.07. The first-order chi connectivity index (χ1) is 13.6. The van der Waals surface area contributed by atoms with Gasteiger partial charge in [-0.15, -0.1) is 11.3 Å². The standard InChI is InChI=1S/C21H15ClFN3OS/c22-16-8-4-9-17(19(16)23)24-21(27)15-13-26(12-14-6-2-1-3-7-14)25-20(15)18-10-5-11-28-18/h1-11,13H,12H2,(H,24,27). The first-order valence-electron chi connectivity index (χ1n) is 8.52. The van der Waals surface area contributed by atoms with Crippen molar-refractivity contribution in [2.45, 2.75) is 6.54 Å². The second-order valence-corrected chi connectivity index (χ2v) is 7.46. The first-order valence-corrected chi connectivity index (χ1v) is 9.78. The molecule has 7 heteroatoms. The maximum absolute atomic E-state index is 14.2. The Morgan fingerprint density at radius 1 is 1.11 bits per heavy atom. The normalized spacial score (nSPS) is 10.8. The Morgan fingerprint density at radius 3 is 2.68 bits per heavy atom. The van der Waals surface area contributed by atoms with E-state index >= 15 is 0 Å². The van der Waals surface area contributed by atoms with Crippen molar-refractivity contribution in [3.63, 3.8) is 0 Å². The van der Waals surface area contributed by atoms with Crippen LogP contribution in [0.5, 0.6) is 0 Å². The van der Waals surface area contributed by atoms with Crippen LogP contribution in [0.3, 0.4) is 0 Å². The molecule has 0 unspecified atom stereocenters. The summed E-state index contributed by atoms with van der Waals surface area (Å²) in [6.07, 6.45) is 1.68. The van der Waals surface area contributed by atoms with Crippen LogP contribution in [0, 0.1) is 5.82 Å². The summed E-state index contributed by atoms with van der Waals surface area (Å²) in [6.45, 7) is 0.526. The molecule has 2 heterocycles. The molecule has 2 aromatic carbocycles. The lowest BCUT2D eigenvalue weighted by molar-refractivity contribution is 0.102. The molecule has 28 heavy (non-hydrogen) atoms. The average molecular weight is 412 g/mol. The molecule has 140 valence electrons. The maximum atomic E-state index is 14.2. The van der Waals surface area contributed by atoms with E-state index in [-0.39, 0.29) is 10.7 Å². The molecule has 0 radical (unpaired) electrons. The molecule has 4 nitrogen and oxygen atoms in total. The minimum absolute atomic E-state index is 0.0328. The van der Waals surface area contributed by atoms with Crippen molar-refractivity contribution in [3.05, 3.63) is 94.2 Å². The number of aromatic nitrogens is 2. The largest absolute Gasteiger partial charge is 0.319 e. The molecule has 2 aromatic heterocycles. The fourth-order valence-electron chi connectivity index (χ4n) is 2.82. The number of carbonyl (C=O) groups excluding carboxylic acids is 1. The summed E-state index contributed by atoms with van der Waals surface area (Å²) in [7, 11) is 0. The Morgan fingerprint density at radius 2 is 1.93 bits per heavy atom. The molecule has 0 aliphatic carbocycles. The van der Waals surface area contributed by atoms with Gasteiger partial charge in [0.15, 0.2) is 5.82 Å². The number of hydrogen-bond donors (Lipinski definition) is 1. The van der Waals surface area contributed by atoms with Crippen molar-refractivity contribution in [1.82, 2.24) is 9.78 Å². The number of nitrogens with one attached hydrogen (secondary N) is 1. The summed E-state index contributed by atoms with van der Waals surface area (Å²) in [4.78, 5) is 13.8. The highest BCUT2D eigenvalue weighted by Crippen LogP contribution is 2.28. The number of thiophene rings is 1. The van der Waals surface area contributed by atoms with Crippen LogP contribution in [0.1, 0.15) is 15.9 Å². The molecule has 4 aromatic rings. The zero-order valence-corrected chi connectivity index (χ0v) is 16.2. The predicted molar refractivity (Wildman–Crippen MR) is 110 cm³/mol. The van der Waals surface area contributed by atoms with Crippen LogP contribution in [0.2, 0.25) is 5.02 Å². The smallest absolute Gasteiger partial charge is 0.259 e. The number of nitrogens with zero attached hydrogens (tertiary/aromatic N) is 2. The van der Waals surface area contributed by atoms with Crippen molar-refractivity contribution in [1.29, 1.82) is 0 Å². The third-order valence-corrected chi connectivity index (χ3v) is 5.32. The van der Waals surface area contributed by atoms with Gasteiger partial charge in [-0.3, -0.25) is 9.48 Å². The highest BCUT2D eigenvalue weighted by Gasteiger charge is 2.20. The van der Waals surface area contributed by atoms with Gasteiger partial charge in [0.25, 0.3) is 5.91 Å². The highest BCUT2D eigenvalue weighted by atomic mass is 35.5. The van der Waals surface area contributed by atoms with Crippen LogP contribution >= 0.6 is 22.9 Å². The fraction of sp³-hybridized carbons (Fsp3) is 0.0476. The van der Waals surface area contributed by atoms with Gasteiger partial charge < -0.3 is 5.32 Å². The van der Waals surface area contributed by atoms with Crippen LogP contribution in [0.25, 0.3) is 10.6 Å². The van der Waals surface area contributed by atoms with E-state index in [2.05, 4.69) is 10.4 Å². The van der Waals surface area contributed by atoms with E-state index in [9.17, 15) is 9.18 Å². The van der Waals surface area contributed by atoms with Gasteiger partial charge in [0.1, 0.15) is 5.69 Å². The van der Waals surface area contributed by atoms with E-state index in [1.807, 2.05) is 47.8 Å². The van der Waals surface area contributed by atoms with Crippen molar-refractivity contribution in [3.8, 4) is 10.6 Å². The van der Waals surface area contributed by atoms with Gasteiger partial charge in [-0.2, -0.15) is 5.10 Å². The number of halogens is 2. The lowest BCUT2D eigenvalue weighted by atomic mass is 10.2. The van der Waals surface area contributed by atoms with Crippen molar-refractivity contribution in [2.75, 3.05) is 5.32 Å². The van der Waals surface area contributed by atoms with E-state index in [0.29, 0.717) is 17.8 Å². The zero-order valence-electron chi connectivity index (χ0n) is 14.6. The monoisotopic (exact) mass is 411 g/mol. The van der Waals surface area contributed by atoms with Crippen molar-refractivity contribution in [2.24, 2.45) is 0 Å². The zero-order chi connectivity index (χ0) is 19.5.